The molecule has 5 heterocycles. The Hall–Kier alpha value is -4.35. The van der Waals surface area contributed by atoms with Crippen molar-refractivity contribution >= 4 is 54.8 Å². The summed E-state index contributed by atoms with van der Waals surface area (Å²) < 4.78 is 10.4. The molecule has 0 saturated carbocycles. The number of hydrogen-bond acceptors (Lipinski definition) is 5. The van der Waals surface area contributed by atoms with Gasteiger partial charge in [-0.3, -0.25) is 9.97 Å². The Labute approximate surface area is 243 Å². The van der Waals surface area contributed by atoms with Crippen molar-refractivity contribution < 1.29 is 25.8 Å². The number of fused-ring (bicyclic) bond motifs is 12. The molecule has 0 atom stereocenters. The second-order valence-corrected chi connectivity index (χ2v) is 10.8. The van der Waals surface area contributed by atoms with Crippen LogP contribution in [0.5, 0.6) is 11.5 Å². The number of aromatic nitrogens is 6. The van der Waals surface area contributed by atoms with Gasteiger partial charge in [0.2, 0.25) is 0 Å². The average molecular weight is 702 g/mol. The Bertz CT molecular complexity index is 2260. The quantitative estimate of drug-likeness (QED) is 0.143. The number of benzene rings is 3. The number of imidazole rings is 2. The van der Waals surface area contributed by atoms with E-state index in [1.165, 1.54) is 10.9 Å². The summed E-state index contributed by atoms with van der Waals surface area (Å²) in [5.41, 5.74) is 4.86. The fourth-order valence-electron chi connectivity index (χ4n) is 5.46. The van der Waals surface area contributed by atoms with Crippen molar-refractivity contribution in [2.45, 2.75) is 26.2 Å². The van der Waals surface area contributed by atoms with Crippen molar-refractivity contribution in [2.24, 2.45) is 0 Å². The number of nitrogens with zero attached hydrogens (tertiary/aromatic N) is 6. The number of pyridine rings is 2. The van der Waals surface area contributed by atoms with Crippen molar-refractivity contribution in [2.75, 3.05) is 0 Å². The number of rotatable bonds is 2. The Morgan fingerprint density at radius 3 is 2.05 bits per heavy atom. The van der Waals surface area contributed by atoms with Gasteiger partial charge in [-0.05, 0) is 22.4 Å². The predicted octanol–water partition coefficient (Wildman–Crippen LogP) is 7.07. The molecule has 0 unspecified atom stereocenters. The minimum absolute atomic E-state index is 0. The smallest absolute Gasteiger partial charge is 0.497 e. The zero-order valence-corrected chi connectivity index (χ0v) is 24.2. The van der Waals surface area contributed by atoms with Gasteiger partial charge in [0.15, 0.2) is 0 Å². The molecule has 0 radical (unpaired) electrons. The maximum atomic E-state index is 6.33. The van der Waals surface area contributed by atoms with Crippen LogP contribution < -0.4 is 4.74 Å². The zero-order chi connectivity index (χ0) is 26.3. The monoisotopic (exact) mass is 701 g/mol. The molecule has 0 aliphatic carbocycles. The SMILES string of the molecule is CC(C)(C)c1ccc2c(c1)c1ccc(Oc3[c-]c4c(cc3)c3cncnc3n3ccnc43)[c-]c1c1nccn21.[Pt+2]. The molecule has 7 nitrogen and oxygen atoms in total. The molecule has 0 amide bonds. The molecule has 3 aromatic carbocycles. The van der Waals surface area contributed by atoms with Gasteiger partial charge >= 0.3 is 21.1 Å². The molecule has 0 N–H and O–H groups in total. The maximum Gasteiger partial charge on any atom is 2.00 e. The molecule has 8 rings (SSSR count). The van der Waals surface area contributed by atoms with E-state index in [1.807, 2.05) is 47.4 Å². The molecule has 0 bridgehead atoms. The third kappa shape index (κ3) is 3.61. The Morgan fingerprint density at radius 2 is 1.35 bits per heavy atom. The van der Waals surface area contributed by atoms with Gasteiger partial charge in [0.05, 0.1) is 11.3 Å². The molecule has 40 heavy (non-hydrogen) atoms. The van der Waals surface area contributed by atoms with Gasteiger partial charge < -0.3 is 13.5 Å². The largest absolute Gasteiger partial charge is 2.00 e. The predicted molar refractivity (Wildman–Crippen MR) is 152 cm³/mol. The van der Waals surface area contributed by atoms with Crippen molar-refractivity contribution in [3.63, 3.8) is 0 Å². The van der Waals surface area contributed by atoms with Gasteiger partial charge in [0.25, 0.3) is 0 Å². The summed E-state index contributed by atoms with van der Waals surface area (Å²) >= 11 is 0. The summed E-state index contributed by atoms with van der Waals surface area (Å²) in [5.74, 6) is 1.17. The molecular formula is C32H22N6OPt. The van der Waals surface area contributed by atoms with E-state index in [0.717, 1.165) is 49.4 Å². The van der Waals surface area contributed by atoms with E-state index >= 15 is 0 Å². The normalized spacial score (nSPS) is 12.2. The molecule has 0 spiro atoms. The standard InChI is InChI=1S/C32H22N6O.Pt/c1-32(2,3)19-4-9-28-24(14-19)22-7-5-20(15-25(22)29-34-10-12-37(28)29)39-21-6-8-23-26(16-21)30-35-11-13-38(30)31-27(23)17-33-18-36-31;/h4-14,17-18H,1-3H3;/q-2;+2. The van der Waals surface area contributed by atoms with Crippen LogP contribution in [0.4, 0.5) is 0 Å². The Balaban J connectivity index is 0.00000264. The van der Waals surface area contributed by atoms with Crippen LogP contribution in [0.15, 0.2) is 79.8 Å². The van der Waals surface area contributed by atoms with Gasteiger partial charge in [-0.1, -0.05) is 78.7 Å². The van der Waals surface area contributed by atoms with E-state index in [1.54, 1.807) is 12.5 Å². The van der Waals surface area contributed by atoms with E-state index in [9.17, 15) is 0 Å². The molecule has 0 aliphatic rings. The van der Waals surface area contributed by atoms with Crippen molar-refractivity contribution in [3.05, 3.63) is 97.5 Å². The minimum atomic E-state index is 0. The fraction of sp³-hybridized carbons (Fsp3) is 0.125. The Morgan fingerprint density at radius 1 is 0.700 bits per heavy atom. The van der Waals surface area contributed by atoms with Crippen molar-refractivity contribution in [3.8, 4) is 11.5 Å². The van der Waals surface area contributed by atoms with Crippen molar-refractivity contribution in [1.29, 1.82) is 0 Å². The Kier molecular flexibility index (Phi) is 5.45. The zero-order valence-electron chi connectivity index (χ0n) is 21.9. The van der Waals surface area contributed by atoms with Gasteiger partial charge in [-0.15, -0.1) is 12.1 Å². The first-order chi connectivity index (χ1) is 19.0. The third-order valence-corrected chi connectivity index (χ3v) is 7.41. The van der Waals surface area contributed by atoms with Crippen LogP contribution in [-0.4, -0.2) is 28.7 Å². The van der Waals surface area contributed by atoms with E-state index < -0.39 is 0 Å². The molecule has 0 aliphatic heterocycles. The summed E-state index contributed by atoms with van der Waals surface area (Å²) in [6, 6.07) is 21.6. The molecule has 196 valence electrons. The van der Waals surface area contributed by atoms with Crippen LogP contribution in [0.3, 0.4) is 0 Å². The second-order valence-electron chi connectivity index (χ2n) is 10.8. The van der Waals surface area contributed by atoms with E-state index in [4.69, 9.17) is 4.74 Å². The van der Waals surface area contributed by atoms with Gasteiger partial charge in [0.1, 0.15) is 12.0 Å². The first-order valence-corrected chi connectivity index (χ1v) is 12.8. The topological polar surface area (TPSA) is 69.6 Å². The number of ether oxygens (including phenoxy) is 1. The van der Waals surface area contributed by atoms with Crippen LogP contribution in [0, 0.1) is 12.1 Å². The van der Waals surface area contributed by atoms with Crippen LogP contribution in [0.1, 0.15) is 26.3 Å². The summed E-state index contributed by atoms with van der Waals surface area (Å²) in [4.78, 5) is 17.9. The summed E-state index contributed by atoms with van der Waals surface area (Å²) in [7, 11) is 0. The number of hydrogen-bond donors (Lipinski definition) is 0. The van der Waals surface area contributed by atoms with E-state index in [0.29, 0.717) is 11.5 Å². The molecule has 8 heteroatoms. The van der Waals surface area contributed by atoms with Gasteiger partial charge in [0, 0.05) is 53.4 Å². The van der Waals surface area contributed by atoms with Crippen LogP contribution >= 0.6 is 0 Å². The van der Waals surface area contributed by atoms with E-state index in [-0.39, 0.29) is 26.5 Å². The van der Waals surface area contributed by atoms with Crippen LogP contribution in [0.25, 0.3) is 54.8 Å². The van der Waals surface area contributed by atoms with Crippen LogP contribution in [0.2, 0.25) is 0 Å². The average Bonchev–Trinajstić information content (AvgIpc) is 3.63. The first-order valence-electron chi connectivity index (χ1n) is 12.8. The minimum Gasteiger partial charge on any atom is -0.497 e. The molecule has 0 fully saturated rings. The summed E-state index contributed by atoms with van der Waals surface area (Å²) in [6.07, 6.45) is 10.9. The maximum absolute atomic E-state index is 6.33. The van der Waals surface area contributed by atoms with Gasteiger partial charge in [-0.25, -0.2) is 9.97 Å². The molecule has 8 aromatic rings. The molecular weight excluding hydrogens is 679 g/mol. The van der Waals surface area contributed by atoms with Crippen LogP contribution in [-0.2, 0) is 26.5 Å². The third-order valence-electron chi connectivity index (χ3n) is 7.41. The van der Waals surface area contributed by atoms with Crippen molar-refractivity contribution in [1.82, 2.24) is 28.7 Å². The first kappa shape index (κ1) is 24.7. The summed E-state index contributed by atoms with van der Waals surface area (Å²) in [5, 5.41) is 5.92. The molecule has 0 saturated heterocycles. The molecule has 5 aromatic heterocycles. The fourth-order valence-corrected chi connectivity index (χ4v) is 5.46. The van der Waals surface area contributed by atoms with E-state index in [2.05, 4.69) is 81.5 Å². The second kappa shape index (κ2) is 8.83. The van der Waals surface area contributed by atoms with Gasteiger partial charge in [-0.2, -0.15) is 0 Å². The summed E-state index contributed by atoms with van der Waals surface area (Å²) in [6.45, 7) is 6.70.